The van der Waals surface area contributed by atoms with Crippen molar-refractivity contribution in [2.75, 3.05) is 18.9 Å². The van der Waals surface area contributed by atoms with Crippen LogP contribution in [-0.4, -0.2) is 35.5 Å². The van der Waals surface area contributed by atoms with Gasteiger partial charge in [-0.3, -0.25) is 9.59 Å². The Morgan fingerprint density at radius 3 is 2.65 bits per heavy atom. The number of aryl methyl sites for hydroxylation is 1. The van der Waals surface area contributed by atoms with Gasteiger partial charge in [0.25, 0.3) is 11.8 Å². The number of hydrogen-bond acceptors (Lipinski definition) is 4. The largest absolute Gasteiger partial charge is 0.360 e. The Hall–Kier alpha value is -2.63. The van der Waals surface area contributed by atoms with Crippen LogP contribution in [0, 0.1) is 6.92 Å². The lowest BCUT2D eigenvalue weighted by Gasteiger charge is -2.17. The minimum atomic E-state index is -0.329. The fourth-order valence-electron chi connectivity index (χ4n) is 2.12. The predicted octanol–water partition coefficient (Wildman–Crippen LogP) is 3.11. The van der Waals surface area contributed by atoms with Crippen molar-refractivity contribution in [3.8, 4) is 0 Å². The van der Waals surface area contributed by atoms with E-state index in [0.29, 0.717) is 29.2 Å². The van der Waals surface area contributed by atoms with Gasteiger partial charge in [0.05, 0.1) is 0 Å². The molecule has 0 atom stereocenters. The average molecular weight is 315 g/mol. The summed E-state index contributed by atoms with van der Waals surface area (Å²) in [7, 11) is 1.77. The number of hydrogen-bond donors (Lipinski definition) is 1. The molecule has 0 spiro atoms. The van der Waals surface area contributed by atoms with Crippen molar-refractivity contribution in [2.45, 2.75) is 26.7 Å². The topological polar surface area (TPSA) is 75.4 Å². The van der Waals surface area contributed by atoms with Gasteiger partial charge in [0.1, 0.15) is 5.76 Å². The van der Waals surface area contributed by atoms with Crippen LogP contribution in [0.25, 0.3) is 0 Å². The summed E-state index contributed by atoms with van der Waals surface area (Å²) in [5, 5.41) is 6.36. The van der Waals surface area contributed by atoms with Crippen LogP contribution >= 0.6 is 0 Å². The van der Waals surface area contributed by atoms with Crippen LogP contribution in [0.5, 0.6) is 0 Å². The Balaban J connectivity index is 2.09. The predicted molar refractivity (Wildman–Crippen MR) is 87.5 cm³/mol. The van der Waals surface area contributed by atoms with E-state index >= 15 is 0 Å². The number of nitrogens with zero attached hydrogens (tertiary/aromatic N) is 2. The number of benzene rings is 1. The Labute approximate surface area is 135 Å². The van der Waals surface area contributed by atoms with Crippen molar-refractivity contribution in [3.05, 3.63) is 47.2 Å². The van der Waals surface area contributed by atoms with Gasteiger partial charge < -0.3 is 14.7 Å². The molecule has 6 heteroatoms. The van der Waals surface area contributed by atoms with Crippen molar-refractivity contribution in [1.82, 2.24) is 10.1 Å². The first-order valence-electron chi connectivity index (χ1n) is 7.61. The third-order valence-corrected chi connectivity index (χ3v) is 3.44. The highest BCUT2D eigenvalue weighted by Crippen LogP contribution is 2.12. The maximum Gasteiger partial charge on any atom is 0.256 e. The number of anilines is 1. The summed E-state index contributed by atoms with van der Waals surface area (Å²) >= 11 is 0. The third-order valence-electron chi connectivity index (χ3n) is 3.44. The van der Waals surface area contributed by atoms with Gasteiger partial charge >= 0.3 is 0 Å². The Kier molecular flexibility index (Phi) is 5.51. The molecule has 0 saturated carbocycles. The Morgan fingerprint density at radius 2 is 2.00 bits per heavy atom. The number of nitrogens with one attached hydrogen (secondary N) is 1. The van der Waals surface area contributed by atoms with Crippen LogP contribution in [0.2, 0.25) is 0 Å². The van der Waals surface area contributed by atoms with E-state index in [9.17, 15) is 9.59 Å². The van der Waals surface area contributed by atoms with Crippen molar-refractivity contribution in [2.24, 2.45) is 0 Å². The van der Waals surface area contributed by atoms with Gasteiger partial charge in [-0.15, -0.1) is 0 Å². The number of aromatic nitrogens is 1. The molecule has 1 aromatic heterocycles. The quantitative estimate of drug-likeness (QED) is 0.888. The number of carbonyl (C=O) groups is 2. The molecular formula is C17H21N3O3. The van der Waals surface area contributed by atoms with E-state index in [-0.39, 0.29) is 11.8 Å². The van der Waals surface area contributed by atoms with E-state index in [4.69, 9.17) is 4.52 Å². The van der Waals surface area contributed by atoms with E-state index in [1.807, 2.05) is 0 Å². The van der Waals surface area contributed by atoms with Crippen molar-refractivity contribution >= 4 is 17.6 Å². The summed E-state index contributed by atoms with van der Waals surface area (Å²) < 4.78 is 4.91. The van der Waals surface area contributed by atoms with Crippen molar-refractivity contribution in [3.63, 3.8) is 0 Å². The first-order valence-corrected chi connectivity index (χ1v) is 7.61. The lowest BCUT2D eigenvalue weighted by Crippen LogP contribution is -2.28. The molecule has 0 aliphatic carbocycles. The molecule has 0 saturated heterocycles. The summed E-state index contributed by atoms with van der Waals surface area (Å²) in [6.07, 6.45) is 1.98. The van der Waals surface area contributed by atoms with Crippen LogP contribution in [0.3, 0.4) is 0 Å². The van der Waals surface area contributed by atoms with E-state index in [0.717, 1.165) is 12.8 Å². The minimum Gasteiger partial charge on any atom is -0.360 e. The van der Waals surface area contributed by atoms with Crippen LogP contribution in [0.1, 0.15) is 46.2 Å². The zero-order valence-corrected chi connectivity index (χ0v) is 13.6. The molecule has 0 aliphatic rings. The van der Waals surface area contributed by atoms with Crippen LogP contribution in [0.4, 0.5) is 5.82 Å². The molecule has 2 amide bonds. The fourth-order valence-corrected chi connectivity index (χ4v) is 2.12. The number of amides is 2. The van der Waals surface area contributed by atoms with Crippen LogP contribution < -0.4 is 5.32 Å². The molecule has 1 aromatic carbocycles. The van der Waals surface area contributed by atoms with E-state index < -0.39 is 0 Å². The van der Waals surface area contributed by atoms with Gasteiger partial charge in [-0.1, -0.05) is 24.6 Å². The average Bonchev–Trinajstić information content (AvgIpc) is 2.96. The highest BCUT2D eigenvalue weighted by Gasteiger charge is 2.14. The van der Waals surface area contributed by atoms with Gasteiger partial charge in [0.2, 0.25) is 0 Å². The number of carbonyl (C=O) groups excluding carboxylic acids is 2. The molecule has 0 fully saturated rings. The van der Waals surface area contributed by atoms with Gasteiger partial charge in [-0.05, 0) is 31.5 Å². The molecule has 0 unspecified atom stereocenters. The fraction of sp³-hybridized carbons (Fsp3) is 0.353. The van der Waals surface area contributed by atoms with Crippen molar-refractivity contribution in [1.29, 1.82) is 0 Å². The lowest BCUT2D eigenvalue weighted by atomic mass is 10.1. The van der Waals surface area contributed by atoms with Gasteiger partial charge in [-0.2, -0.15) is 0 Å². The molecule has 0 aliphatic heterocycles. The monoisotopic (exact) mass is 315 g/mol. The molecule has 6 nitrogen and oxygen atoms in total. The second kappa shape index (κ2) is 7.58. The first kappa shape index (κ1) is 16.7. The smallest absolute Gasteiger partial charge is 0.256 e. The second-order valence-electron chi connectivity index (χ2n) is 5.44. The summed E-state index contributed by atoms with van der Waals surface area (Å²) in [5.41, 5.74) is 0.896. The minimum absolute atomic E-state index is 0.0922. The summed E-state index contributed by atoms with van der Waals surface area (Å²) in [6.45, 7) is 4.52. The molecular weight excluding hydrogens is 294 g/mol. The molecule has 2 rings (SSSR count). The normalized spacial score (nSPS) is 10.4. The highest BCUT2D eigenvalue weighted by atomic mass is 16.5. The number of unbranched alkanes of at least 4 members (excludes halogenated alkanes) is 1. The molecule has 0 radical (unpaired) electrons. The first-order chi connectivity index (χ1) is 11.0. The maximum atomic E-state index is 12.4. The van der Waals surface area contributed by atoms with Crippen LogP contribution in [0.15, 0.2) is 34.9 Å². The molecule has 1 N–H and O–H groups in total. The lowest BCUT2D eigenvalue weighted by molar-refractivity contribution is 0.0793. The SMILES string of the molecule is CCCCN(C)C(=O)c1cccc(C(=O)Nc2cc(C)on2)c1. The van der Waals surface area contributed by atoms with Crippen LogP contribution in [-0.2, 0) is 0 Å². The van der Waals surface area contributed by atoms with E-state index in [2.05, 4.69) is 17.4 Å². The summed E-state index contributed by atoms with van der Waals surface area (Å²) in [4.78, 5) is 26.2. The molecule has 23 heavy (non-hydrogen) atoms. The molecule has 122 valence electrons. The summed E-state index contributed by atoms with van der Waals surface area (Å²) in [6, 6.07) is 8.29. The third kappa shape index (κ3) is 4.42. The number of rotatable bonds is 6. The zero-order valence-electron chi connectivity index (χ0n) is 13.6. The second-order valence-corrected chi connectivity index (χ2v) is 5.44. The van der Waals surface area contributed by atoms with E-state index in [1.165, 1.54) is 0 Å². The standard InChI is InChI=1S/C17H21N3O3/c1-4-5-9-20(3)17(22)14-8-6-7-13(11-14)16(21)18-15-10-12(2)23-19-15/h6-8,10-11H,4-5,9H2,1-3H3,(H,18,19,21). The van der Waals surface area contributed by atoms with E-state index in [1.54, 1.807) is 49.2 Å². The molecule has 2 aromatic rings. The zero-order chi connectivity index (χ0) is 16.8. The summed E-state index contributed by atoms with van der Waals surface area (Å²) in [5.74, 6) is 0.542. The molecule has 1 heterocycles. The Morgan fingerprint density at radius 1 is 1.26 bits per heavy atom. The van der Waals surface area contributed by atoms with Gasteiger partial charge in [0.15, 0.2) is 5.82 Å². The van der Waals surface area contributed by atoms with Gasteiger partial charge in [-0.25, -0.2) is 0 Å². The van der Waals surface area contributed by atoms with Crippen molar-refractivity contribution < 1.29 is 14.1 Å². The highest BCUT2D eigenvalue weighted by molar-refractivity contribution is 6.05. The van der Waals surface area contributed by atoms with Gasteiger partial charge in [0, 0.05) is 30.8 Å². The maximum absolute atomic E-state index is 12.4. The Bertz CT molecular complexity index is 694. The molecule has 0 bridgehead atoms.